The molecule has 0 atom stereocenters. The normalized spacial score (nSPS) is 22.3. The summed E-state index contributed by atoms with van der Waals surface area (Å²) in [6, 6.07) is 6.85. The number of hydrogen-bond acceptors (Lipinski definition) is 3. The highest BCUT2D eigenvalue weighted by molar-refractivity contribution is 5.33. The number of benzene rings is 1. The van der Waals surface area contributed by atoms with E-state index in [0.717, 1.165) is 19.4 Å². The predicted molar refractivity (Wildman–Crippen MR) is 66.4 cm³/mol. The molecule has 2 rings (SSSR count). The molecule has 0 saturated heterocycles. The Labute approximate surface area is 107 Å². The first kappa shape index (κ1) is 13.0. The Morgan fingerprint density at radius 2 is 2.28 bits per heavy atom. The van der Waals surface area contributed by atoms with Crippen LogP contribution in [-0.4, -0.2) is 18.8 Å². The van der Waals surface area contributed by atoms with E-state index in [2.05, 4.69) is 5.32 Å². The molecular weight excluding hydrogens is 231 g/mol. The third-order valence-electron chi connectivity index (χ3n) is 3.25. The van der Waals surface area contributed by atoms with Crippen molar-refractivity contribution in [2.75, 3.05) is 6.61 Å². The lowest BCUT2D eigenvalue weighted by molar-refractivity contribution is -0.0102. The van der Waals surface area contributed by atoms with Crippen LogP contribution >= 0.6 is 0 Å². The molecular formula is C14H17FN2O. The third-order valence-corrected chi connectivity index (χ3v) is 3.25. The van der Waals surface area contributed by atoms with Crippen LogP contribution in [0, 0.1) is 17.1 Å². The van der Waals surface area contributed by atoms with Crippen LogP contribution in [-0.2, 0) is 11.3 Å². The average molecular weight is 248 g/mol. The molecule has 0 radical (unpaired) electrons. The van der Waals surface area contributed by atoms with Crippen LogP contribution < -0.4 is 5.32 Å². The smallest absolute Gasteiger partial charge is 0.127 e. The van der Waals surface area contributed by atoms with Gasteiger partial charge in [-0.05, 0) is 38.0 Å². The standard InChI is InChI=1S/C14H17FN2O/c1-2-18-13-6-12(7-13)17-9-11-5-10(8-16)3-4-14(11)15/h3-5,12-13,17H,2,6-7,9H2,1H3. The van der Waals surface area contributed by atoms with Gasteiger partial charge >= 0.3 is 0 Å². The highest BCUT2D eigenvalue weighted by atomic mass is 19.1. The van der Waals surface area contributed by atoms with Gasteiger partial charge in [0.05, 0.1) is 17.7 Å². The summed E-state index contributed by atoms with van der Waals surface area (Å²) in [4.78, 5) is 0. The minimum Gasteiger partial charge on any atom is -0.378 e. The van der Waals surface area contributed by atoms with Gasteiger partial charge < -0.3 is 10.1 Å². The SMILES string of the molecule is CCOC1CC(NCc2cc(C#N)ccc2F)C1. The van der Waals surface area contributed by atoms with E-state index in [1.807, 2.05) is 13.0 Å². The second kappa shape index (κ2) is 5.94. The molecule has 0 unspecified atom stereocenters. The maximum atomic E-state index is 13.5. The molecule has 1 fully saturated rings. The van der Waals surface area contributed by atoms with Gasteiger partial charge in [-0.3, -0.25) is 0 Å². The van der Waals surface area contributed by atoms with Gasteiger partial charge in [-0.25, -0.2) is 4.39 Å². The van der Waals surface area contributed by atoms with Crippen molar-refractivity contribution in [2.24, 2.45) is 0 Å². The molecule has 1 aliphatic carbocycles. The van der Waals surface area contributed by atoms with Crippen molar-refractivity contribution < 1.29 is 9.13 Å². The van der Waals surface area contributed by atoms with Crippen LogP contribution in [0.3, 0.4) is 0 Å². The zero-order valence-electron chi connectivity index (χ0n) is 10.4. The molecule has 3 nitrogen and oxygen atoms in total. The van der Waals surface area contributed by atoms with E-state index >= 15 is 0 Å². The molecule has 1 aromatic carbocycles. The van der Waals surface area contributed by atoms with Gasteiger partial charge in [0, 0.05) is 24.8 Å². The second-order valence-corrected chi connectivity index (χ2v) is 4.54. The zero-order valence-corrected chi connectivity index (χ0v) is 10.4. The summed E-state index contributed by atoms with van der Waals surface area (Å²) in [7, 11) is 0. The summed E-state index contributed by atoms with van der Waals surface area (Å²) in [5.41, 5.74) is 1.04. The van der Waals surface area contributed by atoms with E-state index in [-0.39, 0.29) is 5.82 Å². The Kier molecular flexibility index (Phi) is 4.29. The molecule has 96 valence electrons. The predicted octanol–water partition coefficient (Wildman–Crippen LogP) is 2.35. The molecule has 0 amide bonds. The molecule has 1 aromatic rings. The van der Waals surface area contributed by atoms with Crippen molar-refractivity contribution in [1.82, 2.24) is 5.32 Å². The summed E-state index contributed by atoms with van der Waals surface area (Å²) in [5.74, 6) is -0.262. The summed E-state index contributed by atoms with van der Waals surface area (Å²) in [6.07, 6.45) is 2.31. The van der Waals surface area contributed by atoms with Gasteiger partial charge in [0.1, 0.15) is 5.82 Å². The monoisotopic (exact) mass is 248 g/mol. The fraction of sp³-hybridized carbons (Fsp3) is 0.500. The molecule has 0 bridgehead atoms. The lowest BCUT2D eigenvalue weighted by atomic mass is 9.89. The van der Waals surface area contributed by atoms with Crippen molar-refractivity contribution in [3.63, 3.8) is 0 Å². The van der Waals surface area contributed by atoms with Crippen LogP contribution in [0.25, 0.3) is 0 Å². The van der Waals surface area contributed by atoms with Gasteiger partial charge in [-0.15, -0.1) is 0 Å². The largest absolute Gasteiger partial charge is 0.378 e. The molecule has 4 heteroatoms. The lowest BCUT2D eigenvalue weighted by Crippen LogP contribution is -2.45. The number of nitrogens with one attached hydrogen (secondary N) is 1. The summed E-state index contributed by atoms with van der Waals surface area (Å²) in [5, 5.41) is 12.1. The minimum absolute atomic E-state index is 0.262. The molecule has 18 heavy (non-hydrogen) atoms. The Balaban J connectivity index is 1.83. The van der Waals surface area contributed by atoms with Crippen molar-refractivity contribution >= 4 is 0 Å². The number of halogens is 1. The maximum absolute atomic E-state index is 13.5. The molecule has 0 aliphatic heterocycles. The summed E-state index contributed by atoms with van der Waals surface area (Å²) in [6.45, 7) is 3.20. The molecule has 0 spiro atoms. The number of nitriles is 1. The zero-order chi connectivity index (χ0) is 13.0. The van der Waals surface area contributed by atoms with E-state index in [9.17, 15) is 4.39 Å². The lowest BCUT2D eigenvalue weighted by Gasteiger charge is -2.35. The van der Waals surface area contributed by atoms with Gasteiger partial charge in [-0.1, -0.05) is 0 Å². The van der Waals surface area contributed by atoms with Crippen molar-refractivity contribution in [1.29, 1.82) is 5.26 Å². The quantitative estimate of drug-likeness (QED) is 0.870. The average Bonchev–Trinajstić information content (AvgIpc) is 2.33. The Bertz CT molecular complexity index is 450. The van der Waals surface area contributed by atoms with Gasteiger partial charge in [0.15, 0.2) is 0 Å². The van der Waals surface area contributed by atoms with Gasteiger partial charge in [0.25, 0.3) is 0 Å². The summed E-state index contributed by atoms with van der Waals surface area (Å²) >= 11 is 0. The third kappa shape index (κ3) is 3.06. The number of ether oxygens (including phenoxy) is 1. The Morgan fingerprint density at radius 3 is 2.94 bits per heavy atom. The topological polar surface area (TPSA) is 45.0 Å². The highest BCUT2D eigenvalue weighted by Crippen LogP contribution is 2.23. The Hall–Kier alpha value is -1.44. The second-order valence-electron chi connectivity index (χ2n) is 4.54. The Morgan fingerprint density at radius 1 is 1.50 bits per heavy atom. The van der Waals surface area contributed by atoms with E-state index in [1.54, 1.807) is 6.07 Å². The van der Waals surface area contributed by atoms with Gasteiger partial charge in [0.2, 0.25) is 0 Å². The first-order chi connectivity index (χ1) is 8.72. The van der Waals surface area contributed by atoms with E-state index in [1.165, 1.54) is 12.1 Å². The number of nitrogens with zero attached hydrogens (tertiary/aromatic N) is 1. The van der Waals surface area contributed by atoms with Crippen LogP contribution in [0.1, 0.15) is 30.9 Å². The van der Waals surface area contributed by atoms with Crippen LogP contribution in [0.4, 0.5) is 4.39 Å². The van der Waals surface area contributed by atoms with Gasteiger partial charge in [-0.2, -0.15) is 5.26 Å². The van der Waals surface area contributed by atoms with Crippen LogP contribution in [0.2, 0.25) is 0 Å². The maximum Gasteiger partial charge on any atom is 0.127 e. The molecule has 0 heterocycles. The molecule has 1 aliphatic rings. The molecule has 1 saturated carbocycles. The number of hydrogen-bond donors (Lipinski definition) is 1. The van der Waals surface area contributed by atoms with Crippen LogP contribution in [0.15, 0.2) is 18.2 Å². The molecule has 0 aromatic heterocycles. The van der Waals surface area contributed by atoms with Crippen molar-refractivity contribution in [3.05, 3.63) is 35.1 Å². The molecule has 1 N–H and O–H groups in total. The minimum atomic E-state index is -0.262. The van der Waals surface area contributed by atoms with E-state index < -0.39 is 0 Å². The van der Waals surface area contributed by atoms with E-state index in [4.69, 9.17) is 10.00 Å². The first-order valence-corrected chi connectivity index (χ1v) is 6.26. The van der Waals surface area contributed by atoms with E-state index in [0.29, 0.717) is 29.8 Å². The summed E-state index contributed by atoms with van der Waals surface area (Å²) < 4.78 is 19.0. The highest BCUT2D eigenvalue weighted by Gasteiger charge is 2.28. The van der Waals surface area contributed by atoms with Crippen LogP contribution in [0.5, 0.6) is 0 Å². The fourth-order valence-corrected chi connectivity index (χ4v) is 2.14. The number of rotatable bonds is 5. The fourth-order valence-electron chi connectivity index (χ4n) is 2.14. The van der Waals surface area contributed by atoms with Crippen molar-refractivity contribution in [2.45, 2.75) is 38.5 Å². The first-order valence-electron chi connectivity index (χ1n) is 6.26. The van der Waals surface area contributed by atoms with Crippen molar-refractivity contribution in [3.8, 4) is 6.07 Å².